The molecule has 0 aliphatic heterocycles. The highest BCUT2D eigenvalue weighted by Crippen LogP contribution is 2.43. The fourth-order valence-electron chi connectivity index (χ4n) is 6.68. The van der Waals surface area contributed by atoms with Gasteiger partial charge in [-0.1, -0.05) is 152 Å². The van der Waals surface area contributed by atoms with Gasteiger partial charge in [0.1, 0.15) is 11.2 Å². The molecule has 238 valence electrons. The number of fused-ring (bicyclic) bond motifs is 3. The molecule has 0 aliphatic carbocycles. The molecule has 0 spiro atoms. The van der Waals surface area contributed by atoms with E-state index >= 15 is 0 Å². The van der Waals surface area contributed by atoms with Gasteiger partial charge in [-0.05, 0) is 46.0 Å². The summed E-state index contributed by atoms with van der Waals surface area (Å²) in [6.45, 7) is 7.47. The predicted octanol–water partition coefficient (Wildman–Crippen LogP) is 12.3. The van der Waals surface area contributed by atoms with Gasteiger partial charge in [-0.3, -0.25) is 0 Å². The second-order valence-corrected chi connectivity index (χ2v) is 12.3. The van der Waals surface area contributed by atoms with Crippen LogP contribution in [0.1, 0.15) is 0 Å². The van der Waals surface area contributed by atoms with Crippen molar-refractivity contribution in [2.45, 2.75) is 0 Å². The number of aromatic nitrogens is 3. The van der Waals surface area contributed by atoms with E-state index in [1.807, 2.05) is 109 Å². The van der Waals surface area contributed by atoms with Gasteiger partial charge in [-0.2, -0.15) is 0 Å². The Morgan fingerprint density at radius 1 is 0.412 bits per heavy atom. The van der Waals surface area contributed by atoms with E-state index in [0.29, 0.717) is 23.2 Å². The molecule has 2 aromatic heterocycles. The van der Waals surface area contributed by atoms with Crippen molar-refractivity contribution in [3.05, 3.63) is 181 Å². The Hall–Kier alpha value is -7.16. The van der Waals surface area contributed by atoms with Crippen LogP contribution < -0.4 is 0 Å². The molecule has 51 heavy (non-hydrogen) atoms. The minimum absolute atomic E-state index is 0.599. The van der Waals surface area contributed by atoms with Crippen LogP contribution in [0, 0.1) is 6.57 Å². The topological polar surface area (TPSA) is 56.2 Å². The fraction of sp³-hybridized carbons (Fsp3) is 0. The number of hydrogen-bond donors (Lipinski definition) is 0. The molecule has 5 nitrogen and oxygen atoms in total. The largest absolute Gasteiger partial charge is 0.456 e. The highest BCUT2D eigenvalue weighted by molar-refractivity contribution is 6.16. The van der Waals surface area contributed by atoms with E-state index < -0.39 is 0 Å². The highest BCUT2D eigenvalue weighted by Gasteiger charge is 2.19. The molecular weight excluding hydrogens is 625 g/mol. The van der Waals surface area contributed by atoms with Crippen LogP contribution in [0.4, 0.5) is 5.69 Å². The summed E-state index contributed by atoms with van der Waals surface area (Å²) in [5, 5.41) is 2.10. The summed E-state index contributed by atoms with van der Waals surface area (Å²) in [6, 6.07) is 57.2. The zero-order chi connectivity index (χ0) is 34.1. The van der Waals surface area contributed by atoms with Crippen molar-refractivity contribution in [2.75, 3.05) is 0 Å². The maximum absolute atomic E-state index is 7.47. The van der Waals surface area contributed by atoms with Crippen LogP contribution in [0.3, 0.4) is 0 Å². The molecule has 9 rings (SSSR count). The smallest absolute Gasteiger partial charge is 0.187 e. The number of para-hydroxylation sites is 1. The summed E-state index contributed by atoms with van der Waals surface area (Å²) in [5.74, 6) is 1.83. The normalized spacial score (nSPS) is 11.1. The first-order valence-electron chi connectivity index (χ1n) is 16.7. The molecule has 0 fully saturated rings. The zero-order valence-electron chi connectivity index (χ0n) is 27.4. The van der Waals surface area contributed by atoms with Crippen LogP contribution in [0.15, 0.2) is 174 Å². The molecule has 0 bridgehead atoms. The van der Waals surface area contributed by atoms with Gasteiger partial charge < -0.3 is 4.42 Å². The maximum atomic E-state index is 7.47. The van der Waals surface area contributed by atoms with Crippen molar-refractivity contribution in [3.8, 4) is 67.5 Å². The lowest BCUT2D eigenvalue weighted by Gasteiger charge is -2.13. The van der Waals surface area contributed by atoms with Gasteiger partial charge in [0.05, 0.1) is 6.57 Å². The lowest BCUT2D eigenvalue weighted by molar-refractivity contribution is 0.669. The first kappa shape index (κ1) is 29.9. The van der Waals surface area contributed by atoms with Crippen molar-refractivity contribution in [1.82, 2.24) is 15.0 Å². The third-order valence-corrected chi connectivity index (χ3v) is 9.18. The van der Waals surface area contributed by atoms with Gasteiger partial charge in [0.25, 0.3) is 0 Å². The highest BCUT2D eigenvalue weighted by atomic mass is 16.3. The van der Waals surface area contributed by atoms with Gasteiger partial charge >= 0.3 is 0 Å². The minimum atomic E-state index is 0.599. The minimum Gasteiger partial charge on any atom is -0.456 e. The van der Waals surface area contributed by atoms with E-state index in [1.165, 1.54) is 0 Å². The van der Waals surface area contributed by atoms with Crippen LogP contribution in [-0.4, -0.2) is 15.0 Å². The Morgan fingerprint density at radius 2 is 0.961 bits per heavy atom. The van der Waals surface area contributed by atoms with E-state index in [2.05, 4.69) is 65.5 Å². The first-order chi connectivity index (χ1) is 25.2. The van der Waals surface area contributed by atoms with Gasteiger partial charge in [-0.15, -0.1) is 0 Å². The molecule has 7 aromatic carbocycles. The summed E-state index contributed by atoms with van der Waals surface area (Å²) in [7, 11) is 0. The van der Waals surface area contributed by atoms with Crippen LogP contribution in [0.2, 0.25) is 0 Å². The fourth-order valence-corrected chi connectivity index (χ4v) is 6.68. The number of hydrogen-bond acceptors (Lipinski definition) is 4. The molecule has 0 aliphatic rings. The quantitative estimate of drug-likeness (QED) is 0.168. The van der Waals surface area contributed by atoms with Gasteiger partial charge in [0.2, 0.25) is 0 Å². The lowest BCUT2D eigenvalue weighted by Crippen LogP contribution is -2.00. The molecule has 0 atom stereocenters. The number of rotatable bonds is 6. The second kappa shape index (κ2) is 12.7. The van der Waals surface area contributed by atoms with Crippen molar-refractivity contribution >= 4 is 27.6 Å². The average molecular weight is 653 g/mol. The zero-order valence-corrected chi connectivity index (χ0v) is 27.4. The van der Waals surface area contributed by atoms with E-state index in [1.54, 1.807) is 0 Å². The van der Waals surface area contributed by atoms with Crippen LogP contribution >= 0.6 is 0 Å². The summed E-state index contributed by atoms with van der Waals surface area (Å²) < 4.78 is 6.28. The molecule has 0 saturated heterocycles. The number of furan rings is 1. The van der Waals surface area contributed by atoms with Crippen molar-refractivity contribution in [3.63, 3.8) is 0 Å². The molecular formula is C46H28N4O. The molecule has 2 heterocycles. The Balaban J connectivity index is 1.17. The third-order valence-electron chi connectivity index (χ3n) is 9.18. The molecule has 0 saturated carbocycles. The van der Waals surface area contributed by atoms with Crippen LogP contribution in [0.5, 0.6) is 0 Å². The Morgan fingerprint density at radius 3 is 1.67 bits per heavy atom. The third kappa shape index (κ3) is 5.61. The maximum Gasteiger partial charge on any atom is 0.187 e. The lowest BCUT2D eigenvalue weighted by atomic mass is 9.90. The van der Waals surface area contributed by atoms with Crippen molar-refractivity contribution in [2.24, 2.45) is 0 Å². The average Bonchev–Trinajstić information content (AvgIpc) is 3.60. The summed E-state index contributed by atoms with van der Waals surface area (Å²) >= 11 is 0. The van der Waals surface area contributed by atoms with Crippen LogP contribution in [0.25, 0.3) is 94.3 Å². The molecule has 5 heteroatoms. The van der Waals surface area contributed by atoms with E-state index in [4.69, 9.17) is 25.9 Å². The number of benzene rings is 7. The molecule has 0 amide bonds. The monoisotopic (exact) mass is 652 g/mol. The second-order valence-electron chi connectivity index (χ2n) is 12.3. The molecule has 9 aromatic rings. The molecule has 0 unspecified atom stereocenters. The summed E-state index contributed by atoms with van der Waals surface area (Å²) in [6.07, 6.45) is 0. The first-order valence-corrected chi connectivity index (χ1v) is 16.7. The molecule has 0 radical (unpaired) electrons. The Bertz CT molecular complexity index is 2730. The van der Waals surface area contributed by atoms with Gasteiger partial charge in [0.15, 0.2) is 23.2 Å². The SMILES string of the molecule is [C-]#[N+]c1ccc(-c2c(-c3ccc(-c4nc(-c5ccccc5)nc(-c5cccc(-c6ccccc6)c5)n4)cc3)ccc3oc4ccccc4c23)cc1. The summed E-state index contributed by atoms with van der Waals surface area (Å²) in [5.41, 5.74) is 11.4. The number of nitrogens with zero attached hydrogens (tertiary/aromatic N) is 4. The van der Waals surface area contributed by atoms with Crippen molar-refractivity contribution in [1.29, 1.82) is 0 Å². The van der Waals surface area contributed by atoms with Gasteiger partial charge in [0, 0.05) is 33.0 Å². The molecule has 0 N–H and O–H groups in total. The van der Waals surface area contributed by atoms with Gasteiger partial charge in [-0.25, -0.2) is 19.8 Å². The Kier molecular flexibility index (Phi) is 7.46. The Labute approximate surface area is 295 Å². The van der Waals surface area contributed by atoms with Crippen molar-refractivity contribution < 1.29 is 4.42 Å². The van der Waals surface area contributed by atoms with E-state index in [9.17, 15) is 0 Å². The summed E-state index contributed by atoms with van der Waals surface area (Å²) in [4.78, 5) is 18.6. The van der Waals surface area contributed by atoms with Crippen LogP contribution in [-0.2, 0) is 0 Å². The van der Waals surface area contributed by atoms with E-state index in [-0.39, 0.29) is 0 Å². The van der Waals surface area contributed by atoms with E-state index in [0.717, 1.165) is 72.0 Å². The predicted molar refractivity (Wildman–Crippen MR) is 206 cm³/mol. The standard InChI is InChI=1S/C46H28N4O/c1-47-37-25-23-32(24-26-37)42-38(27-28-41-43(42)39-17-8-9-18-40(39)51-41)31-19-21-34(22-20-31)45-48-44(33-13-6-3-7-14-33)49-46(50-45)36-16-10-15-35(29-36)30-11-4-2-5-12-30/h2-29H.